The molecule has 0 aliphatic carbocycles. The van der Waals surface area contributed by atoms with E-state index in [1.165, 1.54) is 0 Å². The molecule has 0 N–H and O–H groups in total. The molecule has 3 nitrogen and oxygen atoms in total. The van der Waals surface area contributed by atoms with Crippen molar-refractivity contribution in [3.63, 3.8) is 0 Å². The van der Waals surface area contributed by atoms with E-state index in [1.807, 2.05) is 0 Å². The molecule has 0 atom stereocenters. The Kier molecular flexibility index (Phi) is 5.28. The van der Waals surface area contributed by atoms with Crippen LogP contribution in [0.15, 0.2) is 0 Å². The summed E-state index contributed by atoms with van der Waals surface area (Å²) >= 11 is 0. The third-order valence-corrected chi connectivity index (χ3v) is 0. The molecule has 0 unspecified atom stereocenters. The van der Waals surface area contributed by atoms with Crippen LogP contribution in [-0.2, 0) is 31.9 Å². The van der Waals surface area contributed by atoms with Gasteiger partial charge in [0.1, 0.15) is 0 Å². The van der Waals surface area contributed by atoms with E-state index in [0.717, 1.165) is 0 Å². The summed E-state index contributed by atoms with van der Waals surface area (Å²) in [5.74, 6) is 0. The molecule has 0 rings (SSSR count). The van der Waals surface area contributed by atoms with Gasteiger partial charge in [-0.25, -0.2) is 0 Å². The molecule has 6 heavy (non-hydrogen) atoms. The maximum Gasteiger partial charge on any atom is 2.00 e. The third-order valence-electron chi connectivity index (χ3n) is 0. The minimum atomic E-state index is -4.14. The number of hydrogen-bond acceptors (Lipinski definition) is 3. The first-order chi connectivity index (χ1) is 2.00. The van der Waals surface area contributed by atoms with Gasteiger partial charge in [-0.3, -0.25) is 0 Å². The molecule has 0 saturated heterocycles. The topological polar surface area (TPSA) is 63.2 Å². The van der Waals surface area contributed by atoms with Gasteiger partial charge >= 0.3 is 27.3 Å². The average Bonchev–Trinajstić information content (AvgIpc) is 0.722. The Bertz CT molecular complexity index is 56.9. The smallest absolute Gasteiger partial charge is 0.811 e. The van der Waals surface area contributed by atoms with Crippen molar-refractivity contribution in [1.29, 1.82) is 0 Å². The van der Waals surface area contributed by atoms with E-state index in [1.54, 1.807) is 0 Å². The summed E-state index contributed by atoms with van der Waals surface area (Å²) in [5, 5.41) is 0. The molecule has 0 amide bonds. The van der Waals surface area contributed by atoms with E-state index in [4.69, 9.17) is 14.4 Å². The van der Waals surface area contributed by atoms with Crippen LogP contribution in [0.1, 0.15) is 0 Å². The van der Waals surface area contributed by atoms with Crippen molar-refractivity contribution >= 4 is 7.60 Å². The molecule has 0 spiro atoms. The van der Waals surface area contributed by atoms with E-state index >= 15 is 0 Å². The van der Waals surface area contributed by atoms with Crippen LogP contribution in [0.4, 0.5) is 0 Å². The first kappa shape index (κ1) is 10.1. The molecule has 0 saturated carbocycles. The van der Waals surface area contributed by atoms with E-state index < -0.39 is 7.60 Å². The second-order valence-electron chi connectivity index (χ2n) is 0.771. The van der Waals surface area contributed by atoms with Gasteiger partial charge in [0, 0.05) is 0 Å². The van der Waals surface area contributed by atoms with Crippen molar-refractivity contribution in [3.8, 4) is 0 Å². The first-order valence-electron chi connectivity index (χ1n) is 0.995. The second kappa shape index (κ2) is 3.12. The van der Waals surface area contributed by atoms with Crippen LogP contribution >= 0.6 is 7.60 Å². The quantitative estimate of drug-likeness (QED) is 0.359. The van der Waals surface area contributed by atoms with Crippen LogP contribution in [0.5, 0.6) is 0 Å². The zero-order valence-corrected chi connectivity index (χ0v) is 8.31. The van der Waals surface area contributed by atoms with E-state index in [2.05, 4.69) is 0 Å². The van der Waals surface area contributed by atoms with Gasteiger partial charge in [0.15, 0.2) is 0 Å². The van der Waals surface area contributed by atoms with Crippen molar-refractivity contribution in [2.45, 2.75) is 0 Å². The van der Waals surface area contributed by atoms with E-state index in [0.29, 0.717) is 6.66 Å². The van der Waals surface area contributed by atoms with Gasteiger partial charge < -0.3 is 14.4 Å². The van der Waals surface area contributed by atoms with Crippen molar-refractivity contribution in [2.75, 3.05) is 6.66 Å². The summed E-state index contributed by atoms with van der Waals surface area (Å²) in [6.45, 7) is 0.632. The first-order valence-corrected chi connectivity index (χ1v) is 2.98. The summed E-state index contributed by atoms with van der Waals surface area (Å²) in [4.78, 5) is 18.2. The summed E-state index contributed by atoms with van der Waals surface area (Å²) in [6, 6.07) is 0. The van der Waals surface area contributed by atoms with Crippen LogP contribution in [0.25, 0.3) is 0 Å². The third kappa shape index (κ3) is 73.2. The maximum absolute atomic E-state index is 9.10. The van der Waals surface area contributed by atoms with Crippen molar-refractivity contribution < 1.29 is 41.7 Å². The van der Waals surface area contributed by atoms with E-state index in [9.17, 15) is 0 Å². The van der Waals surface area contributed by atoms with Gasteiger partial charge in [-0.05, 0) is 6.66 Å². The molecular formula is CH3CdO3P. The normalized spacial score (nSPS) is 9.83. The van der Waals surface area contributed by atoms with Crippen LogP contribution in [0, 0.1) is 0 Å². The maximum atomic E-state index is 9.10. The fraction of sp³-hybridized carbons (Fsp3) is 1.00. The summed E-state index contributed by atoms with van der Waals surface area (Å²) in [6.07, 6.45) is 0. The SMILES string of the molecule is CP(=O)([O-])[O-].[Cd+2]. The molecule has 0 heterocycles. The number of hydrogen-bond donors (Lipinski definition) is 0. The predicted molar refractivity (Wildman–Crippen MR) is 13.5 cm³/mol. The Balaban J connectivity index is 0. The van der Waals surface area contributed by atoms with Crippen LogP contribution in [-0.4, -0.2) is 6.66 Å². The molecule has 0 aliphatic rings. The molecule has 0 aromatic heterocycles. The Labute approximate surface area is 56.1 Å². The summed E-state index contributed by atoms with van der Waals surface area (Å²) < 4.78 is 9.10. The molecular weight excluding hydrogens is 203 g/mol. The zero-order valence-electron chi connectivity index (χ0n) is 3.38. The Morgan fingerprint density at radius 2 is 1.50 bits per heavy atom. The second-order valence-corrected chi connectivity index (χ2v) is 2.31. The minimum absolute atomic E-state index is 0. The van der Waals surface area contributed by atoms with Crippen molar-refractivity contribution in [3.05, 3.63) is 0 Å². The zero-order chi connectivity index (χ0) is 4.50. The van der Waals surface area contributed by atoms with Crippen LogP contribution in [0.2, 0.25) is 0 Å². The molecule has 0 fully saturated rings. The fourth-order valence-electron chi connectivity index (χ4n) is 0. The fourth-order valence-corrected chi connectivity index (χ4v) is 0. The molecule has 0 aliphatic heterocycles. The molecule has 0 aromatic carbocycles. The van der Waals surface area contributed by atoms with Gasteiger partial charge in [0.25, 0.3) is 0 Å². The Hall–Kier alpha value is 1.07. The number of rotatable bonds is 0. The summed E-state index contributed by atoms with van der Waals surface area (Å²) in [5.41, 5.74) is 0. The molecule has 0 radical (unpaired) electrons. The minimum Gasteiger partial charge on any atom is -0.811 e. The monoisotopic (exact) mass is 208 g/mol. The molecule has 0 aromatic rings. The molecule has 0 bridgehead atoms. The van der Waals surface area contributed by atoms with Gasteiger partial charge in [-0.15, -0.1) is 0 Å². The molecule has 32 valence electrons. The Morgan fingerprint density at radius 1 is 1.50 bits per heavy atom. The van der Waals surface area contributed by atoms with Crippen LogP contribution in [0.3, 0.4) is 0 Å². The standard InChI is InChI=1S/CH5O3P.Cd/c1-5(2,3)4;/h1H3,(H2,2,3,4);/q;+2/p-2. The van der Waals surface area contributed by atoms with Gasteiger partial charge in [-0.1, -0.05) is 7.60 Å². The predicted octanol–water partition coefficient (Wildman–Crippen LogP) is -1.47. The van der Waals surface area contributed by atoms with Gasteiger partial charge in [-0.2, -0.15) is 0 Å². The van der Waals surface area contributed by atoms with Gasteiger partial charge in [0.2, 0.25) is 0 Å². The Morgan fingerprint density at radius 3 is 1.50 bits per heavy atom. The van der Waals surface area contributed by atoms with Crippen molar-refractivity contribution in [2.24, 2.45) is 0 Å². The van der Waals surface area contributed by atoms with Gasteiger partial charge in [0.05, 0.1) is 0 Å². The van der Waals surface area contributed by atoms with Crippen molar-refractivity contribution in [1.82, 2.24) is 0 Å². The average molecular weight is 206 g/mol. The largest absolute Gasteiger partial charge is 2.00 e. The van der Waals surface area contributed by atoms with E-state index in [-0.39, 0.29) is 27.3 Å². The molecule has 5 heteroatoms. The summed E-state index contributed by atoms with van der Waals surface area (Å²) in [7, 11) is -4.14. The van der Waals surface area contributed by atoms with Crippen LogP contribution < -0.4 is 9.79 Å².